The second-order valence-electron chi connectivity index (χ2n) is 7.01. The number of benzene rings is 1. The van der Waals surface area contributed by atoms with Crippen LogP contribution in [0.3, 0.4) is 0 Å². The third-order valence-electron chi connectivity index (χ3n) is 4.92. The van der Waals surface area contributed by atoms with Crippen molar-refractivity contribution in [1.82, 2.24) is 29.1 Å². The lowest BCUT2D eigenvalue weighted by Crippen LogP contribution is -2.05. The van der Waals surface area contributed by atoms with Crippen molar-refractivity contribution in [3.05, 3.63) is 109 Å². The van der Waals surface area contributed by atoms with Crippen LogP contribution in [0.15, 0.2) is 97.8 Å². The van der Waals surface area contributed by atoms with E-state index in [4.69, 9.17) is 0 Å². The highest BCUT2D eigenvalue weighted by Gasteiger charge is 2.10. The van der Waals surface area contributed by atoms with Gasteiger partial charge < -0.3 is 9.13 Å². The second-order valence-corrected chi connectivity index (χ2v) is 7.01. The summed E-state index contributed by atoms with van der Waals surface area (Å²) in [6, 6.07) is 20.3. The van der Waals surface area contributed by atoms with Crippen LogP contribution in [0.5, 0.6) is 0 Å². The first-order chi connectivity index (χ1) is 14.9. The Morgan fingerprint density at radius 3 is 1.53 bits per heavy atom. The van der Waals surface area contributed by atoms with Crippen molar-refractivity contribution in [2.24, 2.45) is 0 Å². The minimum atomic E-state index is 0.733. The van der Waals surface area contributed by atoms with Gasteiger partial charge in [-0.05, 0) is 35.4 Å². The molecule has 0 unspecified atom stereocenters. The summed E-state index contributed by atoms with van der Waals surface area (Å²) >= 11 is 0. The lowest BCUT2D eigenvalue weighted by molar-refractivity contribution is 0.784. The molecule has 0 atom stereocenters. The Morgan fingerprint density at radius 1 is 0.533 bits per heavy atom. The van der Waals surface area contributed by atoms with Crippen LogP contribution in [0, 0.1) is 0 Å². The fourth-order valence-electron chi connectivity index (χ4n) is 3.55. The first-order valence-corrected chi connectivity index (χ1v) is 9.80. The molecule has 30 heavy (non-hydrogen) atoms. The molecule has 0 amide bonds. The normalized spacial score (nSPS) is 10.9. The minimum absolute atomic E-state index is 0.733. The van der Waals surface area contributed by atoms with Gasteiger partial charge in [0.2, 0.25) is 0 Å². The summed E-state index contributed by atoms with van der Waals surface area (Å²) in [5.41, 5.74) is 4.17. The van der Waals surface area contributed by atoms with Gasteiger partial charge in [-0.25, -0.2) is 9.97 Å². The number of pyridine rings is 2. The van der Waals surface area contributed by atoms with Crippen molar-refractivity contribution in [3.63, 3.8) is 0 Å². The molecule has 0 saturated carbocycles. The maximum Gasteiger partial charge on any atom is 0.158 e. The Bertz CT molecular complexity index is 1150. The van der Waals surface area contributed by atoms with E-state index >= 15 is 0 Å². The van der Waals surface area contributed by atoms with E-state index < -0.39 is 0 Å². The van der Waals surface area contributed by atoms with Crippen molar-refractivity contribution in [3.8, 4) is 23.0 Å². The second kappa shape index (κ2) is 8.13. The number of nitrogens with zero attached hydrogens (tertiary/aromatic N) is 6. The third kappa shape index (κ3) is 3.75. The van der Waals surface area contributed by atoms with Gasteiger partial charge >= 0.3 is 0 Å². The van der Waals surface area contributed by atoms with Crippen molar-refractivity contribution in [2.45, 2.75) is 13.1 Å². The lowest BCUT2D eigenvalue weighted by Gasteiger charge is -2.11. The lowest BCUT2D eigenvalue weighted by atomic mass is 10.1. The molecule has 5 aromatic rings. The fraction of sp³-hybridized carbons (Fsp3) is 0.0833. The molecule has 0 aliphatic carbocycles. The summed E-state index contributed by atoms with van der Waals surface area (Å²) in [6.07, 6.45) is 11.2. The monoisotopic (exact) mass is 392 g/mol. The molecule has 4 heterocycles. The molecule has 0 N–H and O–H groups in total. The molecule has 1 aromatic carbocycles. The Balaban J connectivity index is 1.38. The zero-order chi connectivity index (χ0) is 20.2. The Labute approximate surface area is 174 Å². The van der Waals surface area contributed by atoms with E-state index in [9.17, 15) is 0 Å². The van der Waals surface area contributed by atoms with Crippen molar-refractivity contribution in [1.29, 1.82) is 0 Å². The first-order valence-electron chi connectivity index (χ1n) is 9.80. The maximum absolute atomic E-state index is 4.49. The van der Waals surface area contributed by atoms with Crippen LogP contribution in [0.25, 0.3) is 23.0 Å². The minimum Gasteiger partial charge on any atom is -0.325 e. The van der Waals surface area contributed by atoms with E-state index in [-0.39, 0.29) is 0 Å². The predicted octanol–water partition coefficient (Wildman–Crippen LogP) is 4.30. The topological polar surface area (TPSA) is 61.4 Å². The van der Waals surface area contributed by atoms with Crippen LogP contribution in [0.1, 0.15) is 11.1 Å². The smallest absolute Gasteiger partial charge is 0.158 e. The van der Waals surface area contributed by atoms with Gasteiger partial charge in [-0.2, -0.15) is 0 Å². The zero-order valence-corrected chi connectivity index (χ0v) is 16.3. The molecule has 6 nitrogen and oxygen atoms in total. The van der Waals surface area contributed by atoms with E-state index in [0.717, 1.165) is 36.1 Å². The summed E-state index contributed by atoms with van der Waals surface area (Å²) in [6.45, 7) is 1.47. The van der Waals surface area contributed by atoms with E-state index in [1.165, 1.54) is 11.1 Å². The van der Waals surface area contributed by atoms with Crippen molar-refractivity contribution < 1.29 is 0 Å². The third-order valence-corrected chi connectivity index (χ3v) is 4.92. The fourth-order valence-corrected chi connectivity index (χ4v) is 3.55. The Hall–Kier alpha value is -4.06. The summed E-state index contributed by atoms with van der Waals surface area (Å²) in [5.74, 6) is 1.74. The van der Waals surface area contributed by atoms with E-state index in [0.29, 0.717) is 0 Å². The molecule has 5 rings (SSSR count). The van der Waals surface area contributed by atoms with Gasteiger partial charge in [-0.15, -0.1) is 0 Å². The largest absolute Gasteiger partial charge is 0.325 e. The van der Waals surface area contributed by atoms with Gasteiger partial charge in [-0.1, -0.05) is 36.4 Å². The molecular weight excluding hydrogens is 372 g/mol. The average molecular weight is 392 g/mol. The molecular formula is C24H20N6. The van der Waals surface area contributed by atoms with Gasteiger partial charge in [0.1, 0.15) is 11.4 Å². The van der Waals surface area contributed by atoms with Crippen LogP contribution in [0.4, 0.5) is 0 Å². The van der Waals surface area contributed by atoms with Gasteiger partial charge in [-0.3, -0.25) is 9.97 Å². The summed E-state index contributed by atoms with van der Waals surface area (Å²) in [4.78, 5) is 17.8. The van der Waals surface area contributed by atoms with E-state index in [2.05, 4.69) is 53.3 Å². The quantitative estimate of drug-likeness (QED) is 0.432. The molecule has 0 bridgehead atoms. The highest BCUT2D eigenvalue weighted by atomic mass is 15.1. The molecule has 0 aliphatic heterocycles. The van der Waals surface area contributed by atoms with Gasteiger partial charge in [0.05, 0.1) is 0 Å². The van der Waals surface area contributed by atoms with Crippen molar-refractivity contribution in [2.75, 3.05) is 0 Å². The number of rotatable bonds is 6. The Morgan fingerprint density at radius 2 is 1.07 bits per heavy atom. The van der Waals surface area contributed by atoms with Crippen LogP contribution < -0.4 is 0 Å². The summed E-state index contributed by atoms with van der Waals surface area (Å²) in [7, 11) is 0. The number of hydrogen-bond acceptors (Lipinski definition) is 4. The molecule has 6 heteroatoms. The molecule has 0 saturated heterocycles. The number of imidazole rings is 2. The van der Waals surface area contributed by atoms with Gasteiger partial charge in [0.25, 0.3) is 0 Å². The zero-order valence-electron chi connectivity index (χ0n) is 16.3. The van der Waals surface area contributed by atoms with Crippen molar-refractivity contribution >= 4 is 0 Å². The average Bonchev–Trinajstić information content (AvgIpc) is 3.45. The molecule has 0 fully saturated rings. The van der Waals surface area contributed by atoms with Crippen LogP contribution in [0.2, 0.25) is 0 Å². The molecule has 4 aromatic heterocycles. The highest BCUT2D eigenvalue weighted by molar-refractivity contribution is 5.50. The predicted molar refractivity (Wildman–Crippen MR) is 116 cm³/mol. The molecule has 0 spiro atoms. The van der Waals surface area contributed by atoms with E-state index in [1.807, 2.05) is 61.2 Å². The summed E-state index contributed by atoms with van der Waals surface area (Å²) < 4.78 is 4.25. The maximum atomic E-state index is 4.49. The van der Waals surface area contributed by atoms with Gasteiger partial charge in [0, 0.05) is 50.3 Å². The van der Waals surface area contributed by atoms with E-state index in [1.54, 1.807) is 12.4 Å². The standard InChI is InChI=1S/C24H20N6/c1-3-10-25-21(8-1)23-27-12-14-29(23)17-19-6-5-7-20(16-19)18-30-15-13-28-24(30)22-9-2-4-11-26-22/h1-16H,17-18H2. The molecule has 146 valence electrons. The SMILES string of the molecule is c1ccc(-c2nccn2Cc2cccc(Cn3ccnc3-c3ccccn3)c2)nc1. The van der Waals surface area contributed by atoms with Crippen LogP contribution >= 0.6 is 0 Å². The van der Waals surface area contributed by atoms with Crippen LogP contribution in [-0.4, -0.2) is 29.1 Å². The van der Waals surface area contributed by atoms with Crippen LogP contribution in [-0.2, 0) is 13.1 Å². The molecule has 0 aliphatic rings. The molecule has 0 radical (unpaired) electrons. The summed E-state index contributed by atoms with van der Waals surface area (Å²) in [5, 5.41) is 0. The highest BCUT2D eigenvalue weighted by Crippen LogP contribution is 2.19. The number of hydrogen-bond donors (Lipinski definition) is 0. The Kier molecular flexibility index (Phi) is 4.88. The first kappa shape index (κ1) is 18.0. The van der Waals surface area contributed by atoms with Gasteiger partial charge in [0.15, 0.2) is 11.6 Å². The number of aromatic nitrogens is 6.